The van der Waals surface area contributed by atoms with Crippen molar-refractivity contribution in [3.05, 3.63) is 28.3 Å². The average Bonchev–Trinajstić information content (AvgIpc) is 2.41. The standard InChI is InChI=1S/C14H20O5/c1-18-14(17)8-6-4-2-3-5-7-11-9-12(15)13(16)10-19-11/h9-10,16H,2-8H2,1H3. The lowest BCUT2D eigenvalue weighted by molar-refractivity contribution is -0.140. The van der Waals surface area contributed by atoms with Crippen molar-refractivity contribution < 1.29 is 19.1 Å². The van der Waals surface area contributed by atoms with Gasteiger partial charge >= 0.3 is 5.97 Å². The van der Waals surface area contributed by atoms with Crippen molar-refractivity contribution in [2.45, 2.75) is 44.9 Å². The number of hydrogen-bond donors (Lipinski definition) is 1. The monoisotopic (exact) mass is 268 g/mol. The van der Waals surface area contributed by atoms with Crippen LogP contribution < -0.4 is 5.43 Å². The molecule has 0 aliphatic rings. The number of ether oxygens (including phenoxy) is 1. The zero-order valence-corrected chi connectivity index (χ0v) is 11.2. The zero-order valence-electron chi connectivity index (χ0n) is 11.2. The molecule has 106 valence electrons. The average molecular weight is 268 g/mol. The number of carbonyl (C=O) groups excluding carboxylic acids is 1. The maximum absolute atomic E-state index is 11.2. The van der Waals surface area contributed by atoms with Crippen molar-refractivity contribution in [3.63, 3.8) is 0 Å². The minimum absolute atomic E-state index is 0.161. The molecule has 0 amide bonds. The van der Waals surface area contributed by atoms with Gasteiger partial charge in [-0.15, -0.1) is 0 Å². The predicted molar refractivity (Wildman–Crippen MR) is 70.1 cm³/mol. The van der Waals surface area contributed by atoms with Crippen LogP contribution in [-0.4, -0.2) is 18.2 Å². The molecular formula is C14H20O5. The van der Waals surface area contributed by atoms with E-state index in [4.69, 9.17) is 9.52 Å². The normalized spacial score (nSPS) is 10.4. The molecule has 5 nitrogen and oxygen atoms in total. The number of esters is 1. The first kappa shape index (κ1) is 15.3. The Morgan fingerprint density at radius 3 is 2.63 bits per heavy atom. The highest BCUT2D eigenvalue weighted by atomic mass is 16.5. The zero-order chi connectivity index (χ0) is 14.1. The molecule has 5 heteroatoms. The maximum Gasteiger partial charge on any atom is 0.305 e. The Balaban J connectivity index is 2.09. The molecule has 1 aromatic heterocycles. The van der Waals surface area contributed by atoms with Crippen LogP contribution in [0.3, 0.4) is 0 Å². The Kier molecular flexibility index (Phi) is 6.71. The van der Waals surface area contributed by atoms with Crippen molar-refractivity contribution in [1.82, 2.24) is 0 Å². The van der Waals surface area contributed by atoms with Crippen molar-refractivity contribution in [3.8, 4) is 5.75 Å². The Labute approximate surface area is 112 Å². The third-order valence-electron chi connectivity index (χ3n) is 2.90. The highest BCUT2D eigenvalue weighted by Crippen LogP contribution is 2.10. The van der Waals surface area contributed by atoms with Crippen LogP contribution in [0, 0.1) is 0 Å². The lowest BCUT2D eigenvalue weighted by atomic mass is 10.1. The van der Waals surface area contributed by atoms with Gasteiger partial charge in [-0.05, 0) is 12.8 Å². The van der Waals surface area contributed by atoms with Crippen LogP contribution in [0.15, 0.2) is 21.5 Å². The summed E-state index contributed by atoms with van der Waals surface area (Å²) in [6.45, 7) is 0. The quantitative estimate of drug-likeness (QED) is 0.578. The first-order valence-corrected chi connectivity index (χ1v) is 6.51. The third kappa shape index (κ3) is 6.08. The van der Waals surface area contributed by atoms with E-state index in [1.165, 1.54) is 13.2 Å². The number of aromatic hydroxyl groups is 1. The van der Waals surface area contributed by atoms with Crippen LogP contribution in [-0.2, 0) is 16.0 Å². The van der Waals surface area contributed by atoms with Gasteiger partial charge in [-0.3, -0.25) is 9.59 Å². The van der Waals surface area contributed by atoms with Gasteiger partial charge in [0, 0.05) is 18.9 Å². The maximum atomic E-state index is 11.2. The van der Waals surface area contributed by atoms with Crippen LogP contribution in [0.5, 0.6) is 5.75 Å². The van der Waals surface area contributed by atoms with E-state index in [1.54, 1.807) is 0 Å². The van der Waals surface area contributed by atoms with Crippen molar-refractivity contribution >= 4 is 5.97 Å². The summed E-state index contributed by atoms with van der Waals surface area (Å²) in [7, 11) is 1.40. The topological polar surface area (TPSA) is 76.7 Å². The molecule has 0 aromatic carbocycles. The molecule has 0 fully saturated rings. The number of rotatable bonds is 8. The second-order valence-corrected chi connectivity index (χ2v) is 4.44. The number of methoxy groups -OCH3 is 1. The van der Waals surface area contributed by atoms with Crippen molar-refractivity contribution in [2.24, 2.45) is 0 Å². The molecule has 0 saturated carbocycles. The van der Waals surface area contributed by atoms with E-state index >= 15 is 0 Å². The molecule has 0 aliphatic heterocycles. The molecule has 19 heavy (non-hydrogen) atoms. The van der Waals surface area contributed by atoms with Crippen LogP contribution in [0.4, 0.5) is 0 Å². The highest BCUT2D eigenvalue weighted by Gasteiger charge is 2.02. The van der Waals surface area contributed by atoms with Crippen LogP contribution in [0.25, 0.3) is 0 Å². The first-order chi connectivity index (χ1) is 9.13. The molecule has 0 atom stereocenters. The molecule has 0 radical (unpaired) electrons. The van der Waals surface area contributed by atoms with Gasteiger partial charge in [0.2, 0.25) is 5.43 Å². The Morgan fingerprint density at radius 2 is 1.95 bits per heavy atom. The lowest BCUT2D eigenvalue weighted by Crippen LogP contribution is -2.00. The molecule has 0 spiro atoms. The summed E-state index contributed by atoms with van der Waals surface area (Å²) < 4.78 is 9.66. The fraction of sp³-hybridized carbons (Fsp3) is 0.571. The van der Waals surface area contributed by atoms with E-state index in [1.807, 2.05) is 0 Å². The number of hydrogen-bond acceptors (Lipinski definition) is 5. The fourth-order valence-electron chi connectivity index (χ4n) is 1.78. The van der Waals surface area contributed by atoms with Gasteiger partial charge in [0.15, 0.2) is 5.75 Å². The summed E-state index contributed by atoms with van der Waals surface area (Å²) in [4.78, 5) is 22.0. The molecule has 1 aromatic rings. The number of carbonyl (C=O) groups is 1. The Bertz CT molecular complexity index is 449. The van der Waals surface area contributed by atoms with E-state index in [9.17, 15) is 9.59 Å². The minimum Gasteiger partial charge on any atom is -0.502 e. The SMILES string of the molecule is COC(=O)CCCCCCCc1cc(=O)c(O)co1. The first-order valence-electron chi connectivity index (χ1n) is 6.51. The molecule has 1 rings (SSSR count). The molecular weight excluding hydrogens is 248 g/mol. The van der Waals surface area contributed by atoms with E-state index in [0.29, 0.717) is 18.6 Å². The van der Waals surface area contributed by atoms with Gasteiger partial charge in [-0.25, -0.2) is 0 Å². The fourth-order valence-corrected chi connectivity index (χ4v) is 1.78. The summed E-state index contributed by atoms with van der Waals surface area (Å²) >= 11 is 0. The van der Waals surface area contributed by atoms with Gasteiger partial charge in [-0.2, -0.15) is 0 Å². The lowest BCUT2D eigenvalue weighted by Gasteiger charge is -2.02. The highest BCUT2D eigenvalue weighted by molar-refractivity contribution is 5.68. The number of aryl methyl sites for hydroxylation is 1. The molecule has 1 heterocycles. The van der Waals surface area contributed by atoms with E-state index < -0.39 is 5.43 Å². The second-order valence-electron chi connectivity index (χ2n) is 4.44. The van der Waals surface area contributed by atoms with E-state index in [2.05, 4.69) is 4.74 Å². The Morgan fingerprint density at radius 1 is 1.26 bits per heavy atom. The molecule has 0 saturated heterocycles. The second kappa shape index (κ2) is 8.34. The number of unbranched alkanes of at least 4 members (excludes halogenated alkanes) is 4. The minimum atomic E-state index is -0.403. The summed E-state index contributed by atoms with van der Waals surface area (Å²) in [5, 5.41) is 9.03. The summed E-state index contributed by atoms with van der Waals surface area (Å²) in [6, 6.07) is 1.33. The summed E-state index contributed by atoms with van der Waals surface area (Å²) in [6.07, 6.45) is 7.07. The van der Waals surface area contributed by atoms with Crippen LogP contribution in [0.2, 0.25) is 0 Å². The van der Waals surface area contributed by atoms with E-state index in [0.717, 1.165) is 38.4 Å². The van der Waals surface area contributed by atoms with Crippen LogP contribution >= 0.6 is 0 Å². The molecule has 0 bridgehead atoms. The largest absolute Gasteiger partial charge is 0.502 e. The molecule has 1 N–H and O–H groups in total. The van der Waals surface area contributed by atoms with Crippen LogP contribution in [0.1, 0.15) is 44.3 Å². The van der Waals surface area contributed by atoms with Crippen molar-refractivity contribution in [1.29, 1.82) is 0 Å². The summed E-state index contributed by atoms with van der Waals surface area (Å²) in [5.41, 5.74) is -0.403. The van der Waals surface area contributed by atoms with Gasteiger partial charge in [0.25, 0.3) is 0 Å². The molecule has 0 unspecified atom stereocenters. The van der Waals surface area contributed by atoms with E-state index in [-0.39, 0.29) is 11.7 Å². The van der Waals surface area contributed by atoms with Gasteiger partial charge in [-0.1, -0.05) is 19.3 Å². The third-order valence-corrected chi connectivity index (χ3v) is 2.90. The van der Waals surface area contributed by atoms with Gasteiger partial charge in [0.1, 0.15) is 12.0 Å². The van der Waals surface area contributed by atoms with Gasteiger partial charge < -0.3 is 14.3 Å². The summed E-state index contributed by atoms with van der Waals surface area (Å²) in [5.74, 6) is 0.0785. The van der Waals surface area contributed by atoms with Gasteiger partial charge in [0.05, 0.1) is 7.11 Å². The molecule has 0 aliphatic carbocycles. The Hall–Kier alpha value is -1.78. The smallest absolute Gasteiger partial charge is 0.305 e. The van der Waals surface area contributed by atoms with Crippen molar-refractivity contribution in [2.75, 3.05) is 7.11 Å². The predicted octanol–water partition coefficient (Wildman–Crippen LogP) is 2.40.